The van der Waals surface area contributed by atoms with Gasteiger partial charge in [-0.05, 0) is 47.2 Å². The standard InChI is InChI=1S/C22H27F3N4O2S/c1-15(2)13-29-14-18(8-10-27-32(30,31)28(3)4)19-6-5-16(11-20(19)29)17-7-9-26-21(12-17)22(23,24)25/h5-7,9,11-12,14-15,27H,8,10,13H2,1-4H3. The summed E-state index contributed by atoms with van der Waals surface area (Å²) in [5.74, 6) is 0.354. The topological polar surface area (TPSA) is 67.2 Å². The van der Waals surface area contributed by atoms with Crippen LogP contribution in [0.15, 0.2) is 42.7 Å². The average molecular weight is 469 g/mol. The smallest absolute Gasteiger partial charge is 0.347 e. The number of alkyl halides is 3. The molecule has 0 amide bonds. The fourth-order valence-electron chi connectivity index (χ4n) is 3.50. The van der Waals surface area contributed by atoms with Crippen molar-refractivity contribution >= 4 is 21.1 Å². The minimum atomic E-state index is -4.51. The first-order valence-corrected chi connectivity index (χ1v) is 11.6. The minimum absolute atomic E-state index is 0.238. The number of nitrogens with zero attached hydrogens (tertiary/aromatic N) is 3. The molecule has 6 nitrogen and oxygen atoms in total. The first-order chi connectivity index (χ1) is 14.9. The lowest BCUT2D eigenvalue weighted by molar-refractivity contribution is -0.141. The van der Waals surface area contributed by atoms with Crippen molar-refractivity contribution in [2.45, 2.75) is 33.0 Å². The van der Waals surface area contributed by atoms with Gasteiger partial charge in [-0.25, -0.2) is 4.72 Å². The third-order valence-corrected chi connectivity index (χ3v) is 6.60. The second-order valence-corrected chi connectivity index (χ2v) is 10.3. The van der Waals surface area contributed by atoms with Crippen molar-refractivity contribution in [2.24, 2.45) is 5.92 Å². The average Bonchev–Trinajstić information content (AvgIpc) is 3.03. The van der Waals surface area contributed by atoms with E-state index < -0.39 is 22.1 Å². The molecule has 0 saturated carbocycles. The zero-order valence-electron chi connectivity index (χ0n) is 18.4. The number of pyridine rings is 1. The molecule has 3 aromatic rings. The van der Waals surface area contributed by atoms with E-state index in [1.54, 1.807) is 12.1 Å². The van der Waals surface area contributed by atoms with E-state index in [4.69, 9.17) is 0 Å². The number of benzene rings is 1. The molecule has 1 aromatic carbocycles. The predicted molar refractivity (Wildman–Crippen MR) is 119 cm³/mol. The normalized spacial score (nSPS) is 12.9. The molecule has 0 bridgehead atoms. The molecule has 0 radical (unpaired) electrons. The van der Waals surface area contributed by atoms with Crippen LogP contribution in [0.4, 0.5) is 13.2 Å². The number of nitrogens with one attached hydrogen (secondary N) is 1. The third kappa shape index (κ3) is 5.48. The second kappa shape index (κ2) is 9.21. The number of rotatable bonds is 8. The van der Waals surface area contributed by atoms with Crippen molar-refractivity contribution in [2.75, 3.05) is 20.6 Å². The van der Waals surface area contributed by atoms with Crippen LogP contribution >= 0.6 is 0 Å². The lowest BCUT2D eigenvalue weighted by Crippen LogP contribution is -2.36. The van der Waals surface area contributed by atoms with Gasteiger partial charge in [-0.1, -0.05) is 26.0 Å². The van der Waals surface area contributed by atoms with Crippen LogP contribution in [-0.4, -0.2) is 42.9 Å². The molecule has 0 saturated heterocycles. The fraction of sp³-hybridized carbons (Fsp3) is 0.409. The number of hydrogen-bond donors (Lipinski definition) is 1. The summed E-state index contributed by atoms with van der Waals surface area (Å²) in [6, 6.07) is 8.15. The number of aromatic nitrogens is 2. The molecule has 3 rings (SSSR count). The molecule has 174 valence electrons. The Labute approximate surface area is 186 Å². The highest BCUT2D eigenvalue weighted by Crippen LogP contribution is 2.32. The molecule has 10 heteroatoms. The summed E-state index contributed by atoms with van der Waals surface area (Å²) in [6.07, 6.45) is -0.865. The molecule has 2 aromatic heterocycles. The van der Waals surface area contributed by atoms with Crippen LogP contribution in [0.3, 0.4) is 0 Å². The van der Waals surface area contributed by atoms with E-state index in [0.29, 0.717) is 23.5 Å². The van der Waals surface area contributed by atoms with Gasteiger partial charge in [0, 0.05) is 50.5 Å². The van der Waals surface area contributed by atoms with Crippen LogP contribution in [0.1, 0.15) is 25.1 Å². The van der Waals surface area contributed by atoms with E-state index in [0.717, 1.165) is 39.6 Å². The van der Waals surface area contributed by atoms with Crippen molar-refractivity contribution in [1.29, 1.82) is 0 Å². The van der Waals surface area contributed by atoms with Crippen molar-refractivity contribution in [1.82, 2.24) is 18.6 Å². The van der Waals surface area contributed by atoms with E-state index in [1.165, 1.54) is 14.1 Å². The van der Waals surface area contributed by atoms with Crippen molar-refractivity contribution in [3.8, 4) is 11.1 Å². The molecule has 1 N–H and O–H groups in total. The summed E-state index contributed by atoms with van der Waals surface area (Å²) in [6.45, 7) is 5.13. The Bertz CT molecular complexity index is 1200. The van der Waals surface area contributed by atoms with Crippen LogP contribution in [0.25, 0.3) is 22.0 Å². The molecule has 0 aliphatic rings. The van der Waals surface area contributed by atoms with Crippen molar-refractivity contribution in [3.63, 3.8) is 0 Å². The lowest BCUT2D eigenvalue weighted by Gasteiger charge is -2.12. The summed E-state index contributed by atoms with van der Waals surface area (Å²) in [5.41, 5.74) is 2.04. The third-order valence-electron chi connectivity index (χ3n) is 5.07. The molecular formula is C22H27F3N4O2S. The van der Waals surface area contributed by atoms with Crippen LogP contribution in [0.5, 0.6) is 0 Å². The summed E-state index contributed by atoms with van der Waals surface area (Å²) in [5, 5.41) is 0.948. The second-order valence-electron chi connectivity index (χ2n) is 8.29. The number of fused-ring (bicyclic) bond motifs is 1. The monoisotopic (exact) mass is 468 g/mol. The van der Waals surface area contributed by atoms with E-state index in [2.05, 4.69) is 28.1 Å². The van der Waals surface area contributed by atoms with Gasteiger partial charge in [0.25, 0.3) is 10.2 Å². The number of hydrogen-bond acceptors (Lipinski definition) is 3. The first-order valence-electron chi connectivity index (χ1n) is 10.2. The zero-order valence-corrected chi connectivity index (χ0v) is 19.3. The molecule has 0 fully saturated rings. The van der Waals surface area contributed by atoms with E-state index in [-0.39, 0.29) is 6.54 Å². The highest BCUT2D eigenvalue weighted by Gasteiger charge is 2.32. The van der Waals surface area contributed by atoms with Gasteiger partial charge in [-0.2, -0.15) is 25.9 Å². The minimum Gasteiger partial charge on any atom is -0.347 e. The van der Waals surface area contributed by atoms with Gasteiger partial charge in [-0.15, -0.1) is 0 Å². The Morgan fingerprint density at radius 1 is 1.12 bits per heavy atom. The van der Waals surface area contributed by atoms with E-state index in [9.17, 15) is 21.6 Å². The molecule has 0 atom stereocenters. The molecule has 0 unspecified atom stereocenters. The van der Waals surface area contributed by atoms with Gasteiger partial charge >= 0.3 is 6.18 Å². The fourth-order valence-corrected chi connectivity index (χ4v) is 4.12. The number of halogens is 3. The van der Waals surface area contributed by atoms with Crippen LogP contribution in [0.2, 0.25) is 0 Å². The van der Waals surface area contributed by atoms with Crippen molar-refractivity contribution in [3.05, 3.63) is 54.0 Å². The quantitative estimate of drug-likeness (QED) is 0.536. The van der Waals surface area contributed by atoms with Crippen molar-refractivity contribution < 1.29 is 21.6 Å². The zero-order chi connectivity index (χ0) is 23.7. The molecule has 2 heterocycles. The maximum Gasteiger partial charge on any atom is 0.433 e. The Morgan fingerprint density at radius 3 is 2.44 bits per heavy atom. The van der Waals surface area contributed by atoms with E-state index >= 15 is 0 Å². The van der Waals surface area contributed by atoms with Gasteiger partial charge in [0.05, 0.1) is 0 Å². The highest BCUT2D eigenvalue weighted by atomic mass is 32.2. The van der Waals surface area contributed by atoms with Gasteiger partial charge in [-0.3, -0.25) is 4.98 Å². The summed E-state index contributed by atoms with van der Waals surface area (Å²) < 4.78 is 68.9. The highest BCUT2D eigenvalue weighted by molar-refractivity contribution is 7.87. The Kier molecular flexibility index (Phi) is 6.97. The largest absolute Gasteiger partial charge is 0.433 e. The molecule has 0 aliphatic heterocycles. The molecular weight excluding hydrogens is 441 g/mol. The first kappa shape index (κ1) is 24.2. The lowest BCUT2D eigenvalue weighted by atomic mass is 10.0. The van der Waals surface area contributed by atoms with Gasteiger partial charge in [0.2, 0.25) is 0 Å². The molecule has 0 spiro atoms. The van der Waals surface area contributed by atoms with Gasteiger partial charge in [0.1, 0.15) is 5.69 Å². The molecule has 32 heavy (non-hydrogen) atoms. The maximum absolute atomic E-state index is 13.1. The Balaban J connectivity index is 1.97. The Hall–Kier alpha value is -2.43. The summed E-state index contributed by atoms with van der Waals surface area (Å²) in [7, 11) is -0.594. The SMILES string of the molecule is CC(C)Cn1cc(CCNS(=O)(=O)N(C)C)c2ccc(-c3ccnc(C(F)(F)F)c3)cc21. The van der Waals surface area contributed by atoms with E-state index in [1.807, 2.05) is 18.3 Å². The van der Waals surface area contributed by atoms with Crippen LogP contribution in [-0.2, 0) is 29.4 Å². The van der Waals surface area contributed by atoms with Crippen LogP contribution < -0.4 is 4.72 Å². The predicted octanol–water partition coefficient (Wildman–Crippen LogP) is 4.32. The van der Waals surface area contributed by atoms with Gasteiger partial charge < -0.3 is 4.57 Å². The van der Waals surface area contributed by atoms with Gasteiger partial charge in [0.15, 0.2) is 0 Å². The Morgan fingerprint density at radius 2 is 1.81 bits per heavy atom. The maximum atomic E-state index is 13.1. The molecule has 0 aliphatic carbocycles. The van der Waals surface area contributed by atoms with Crippen LogP contribution in [0, 0.1) is 5.92 Å². The summed E-state index contributed by atoms with van der Waals surface area (Å²) >= 11 is 0. The summed E-state index contributed by atoms with van der Waals surface area (Å²) in [4.78, 5) is 3.44.